The molecule has 0 atom stereocenters. The van der Waals surface area contributed by atoms with Gasteiger partial charge in [-0.2, -0.15) is 0 Å². The Bertz CT molecular complexity index is 402. The third-order valence-electron chi connectivity index (χ3n) is 2.10. The quantitative estimate of drug-likeness (QED) is 0.775. The van der Waals surface area contributed by atoms with Crippen LogP contribution in [-0.4, -0.2) is 24.7 Å². The standard InChI is InChI=1S/C12H15FN2O/c1-3-14-12(16)8-15-9(2)10-6-4-5-7-11(10)13/h4-7H,3,8H2,1-2H3,(H,14,16). The highest BCUT2D eigenvalue weighted by atomic mass is 19.1. The molecule has 0 saturated carbocycles. The van der Waals surface area contributed by atoms with E-state index in [1.165, 1.54) is 6.07 Å². The first-order chi connectivity index (χ1) is 7.65. The minimum atomic E-state index is -0.320. The van der Waals surface area contributed by atoms with Crippen LogP contribution < -0.4 is 5.32 Å². The maximum atomic E-state index is 13.3. The summed E-state index contributed by atoms with van der Waals surface area (Å²) in [5.74, 6) is -0.474. The molecule has 0 aliphatic heterocycles. The number of nitrogens with one attached hydrogen (secondary N) is 1. The van der Waals surface area contributed by atoms with Gasteiger partial charge in [0.15, 0.2) is 0 Å². The van der Waals surface area contributed by atoms with E-state index in [2.05, 4.69) is 10.3 Å². The van der Waals surface area contributed by atoms with Crippen molar-refractivity contribution in [2.75, 3.05) is 13.1 Å². The lowest BCUT2D eigenvalue weighted by Crippen LogP contribution is -2.25. The molecule has 0 fully saturated rings. The second-order valence-corrected chi connectivity index (χ2v) is 3.33. The molecule has 0 aliphatic carbocycles. The summed E-state index contributed by atoms with van der Waals surface area (Å²) in [5.41, 5.74) is 0.969. The molecule has 0 saturated heterocycles. The van der Waals surface area contributed by atoms with Crippen LogP contribution >= 0.6 is 0 Å². The molecule has 1 N–H and O–H groups in total. The smallest absolute Gasteiger partial charge is 0.241 e. The third kappa shape index (κ3) is 3.46. The Kier molecular flexibility index (Phi) is 4.64. The van der Waals surface area contributed by atoms with Crippen LogP contribution in [0.3, 0.4) is 0 Å². The second-order valence-electron chi connectivity index (χ2n) is 3.33. The number of rotatable bonds is 4. The van der Waals surface area contributed by atoms with Crippen molar-refractivity contribution in [2.24, 2.45) is 4.99 Å². The van der Waals surface area contributed by atoms with Crippen LogP contribution in [0.15, 0.2) is 29.3 Å². The van der Waals surface area contributed by atoms with Crippen LogP contribution in [-0.2, 0) is 4.79 Å². The van der Waals surface area contributed by atoms with Crippen molar-refractivity contribution in [3.05, 3.63) is 35.6 Å². The zero-order valence-electron chi connectivity index (χ0n) is 9.46. The Morgan fingerprint density at radius 2 is 2.12 bits per heavy atom. The van der Waals surface area contributed by atoms with E-state index in [9.17, 15) is 9.18 Å². The van der Waals surface area contributed by atoms with Gasteiger partial charge in [0.1, 0.15) is 12.4 Å². The highest BCUT2D eigenvalue weighted by molar-refractivity contribution is 5.99. The Balaban J connectivity index is 2.71. The molecule has 16 heavy (non-hydrogen) atoms. The minimum Gasteiger partial charge on any atom is -0.355 e. The Morgan fingerprint density at radius 1 is 1.44 bits per heavy atom. The molecule has 0 radical (unpaired) electrons. The molecular formula is C12H15FN2O. The normalized spacial score (nSPS) is 11.3. The first kappa shape index (κ1) is 12.4. The van der Waals surface area contributed by atoms with Gasteiger partial charge in [-0.3, -0.25) is 9.79 Å². The van der Waals surface area contributed by atoms with Crippen molar-refractivity contribution < 1.29 is 9.18 Å². The predicted octanol–water partition coefficient (Wildman–Crippen LogP) is 1.77. The SMILES string of the molecule is CCNC(=O)CN=C(C)c1ccccc1F. The van der Waals surface area contributed by atoms with Crippen molar-refractivity contribution in [3.63, 3.8) is 0 Å². The molecule has 1 aromatic rings. The van der Waals surface area contributed by atoms with Crippen LogP contribution in [0.2, 0.25) is 0 Å². The van der Waals surface area contributed by atoms with Crippen molar-refractivity contribution in [3.8, 4) is 0 Å². The van der Waals surface area contributed by atoms with Crippen molar-refractivity contribution in [2.45, 2.75) is 13.8 Å². The Hall–Kier alpha value is -1.71. The summed E-state index contributed by atoms with van der Waals surface area (Å²) in [6, 6.07) is 6.38. The van der Waals surface area contributed by atoms with Crippen LogP contribution in [0.1, 0.15) is 19.4 Å². The molecule has 0 heterocycles. The van der Waals surface area contributed by atoms with Crippen LogP contribution in [0, 0.1) is 5.82 Å². The molecule has 1 rings (SSSR count). The molecule has 86 valence electrons. The number of halogens is 1. The highest BCUT2D eigenvalue weighted by Gasteiger charge is 2.04. The predicted molar refractivity (Wildman–Crippen MR) is 62.2 cm³/mol. The molecular weight excluding hydrogens is 207 g/mol. The molecule has 1 aromatic carbocycles. The van der Waals surface area contributed by atoms with Gasteiger partial charge >= 0.3 is 0 Å². The van der Waals surface area contributed by atoms with Gasteiger partial charge in [0, 0.05) is 17.8 Å². The van der Waals surface area contributed by atoms with Crippen LogP contribution in [0.25, 0.3) is 0 Å². The van der Waals surface area contributed by atoms with Gasteiger partial charge in [-0.25, -0.2) is 4.39 Å². The molecule has 4 heteroatoms. The van der Waals surface area contributed by atoms with Gasteiger partial charge in [-0.15, -0.1) is 0 Å². The summed E-state index contributed by atoms with van der Waals surface area (Å²) in [6.45, 7) is 4.14. The average molecular weight is 222 g/mol. The first-order valence-corrected chi connectivity index (χ1v) is 5.17. The zero-order valence-corrected chi connectivity index (χ0v) is 9.46. The average Bonchev–Trinajstić information content (AvgIpc) is 2.27. The fourth-order valence-corrected chi connectivity index (χ4v) is 1.28. The summed E-state index contributed by atoms with van der Waals surface area (Å²) in [4.78, 5) is 15.2. The number of nitrogens with zero attached hydrogens (tertiary/aromatic N) is 1. The van der Waals surface area contributed by atoms with Crippen molar-refractivity contribution in [1.29, 1.82) is 0 Å². The van der Waals surface area contributed by atoms with Gasteiger partial charge in [-0.1, -0.05) is 18.2 Å². The number of carbonyl (C=O) groups is 1. The van der Waals surface area contributed by atoms with E-state index in [4.69, 9.17) is 0 Å². The van der Waals surface area contributed by atoms with Gasteiger partial charge in [0.2, 0.25) is 5.91 Å². The highest BCUT2D eigenvalue weighted by Crippen LogP contribution is 2.07. The summed E-state index contributed by atoms with van der Waals surface area (Å²) >= 11 is 0. The number of likely N-dealkylation sites (N-methyl/N-ethyl adjacent to an activating group) is 1. The van der Waals surface area contributed by atoms with Crippen LogP contribution in [0.4, 0.5) is 4.39 Å². The molecule has 0 spiro atoms. The van der Waals surface area contributed by atoms with E-state index in [0.29, 0.717) is 17.8 Å². The number of amides is 1. The zero-order chi connectivity index (χ0) is 12.0. The van der Waals surface area contributed by atoms with Gasteiger partial charge in [0.05, 0.1) is 0 Å². The fraction of sp³-hybridized carbons (Fsp3) is 0.333. The number of hydrogen-bond acceptors (Lipinski definition) is 2. The van der Waals surface area contributed by atoms with E-state index in [0.717, 1.165) is 0 Å². The fourth-order valence-electron chi connectivity index (χ4n) is 1.28. The molecule has 0 bridgehead atoms. The topological polar surface area (TPSA) is 41.5 Å². The minimum absolute atomic E-state index is 0.0357. The number of aliphatic imine (C=N–C) groups is 1. The lowest BCUT2D eigenvalue weighted by atomic mass is 10.1. The number of benzene rings is 1. The summed E-state index contributed by atoms with van der Waals surface area (Å²) < 4.78 is 13.3. The van der Waals surface area contributed by atoms with Crippen molar-refractivity contribution >= 4 is 11.6 Å². The summed E-state index contributed by atoms with van der Waals surface area (Å²) in [7, 11) is 0. The van der Waals surface area contributed by atoms with E-state index in [1.54, 1.807) is 25.1 Å². The van der Waals surface area contributed by atoms with E-state index < -0.39 is 0 Å². The second kappa shape index (κ2) is 6.00. The number of carbonyl (C=O) groups excluding carboxylic acids is 1. The molecule has 3 nitrogen and oxygen atoms in total. The molecule has 0 aromatic heterocycles. The van der Waals surface area contributed by atoms with Gasteiger partial charge in [0.25, 0.3) is 0 Å². The Morgan fingerprint density at radius 3 is 2.75 bits per heavy atom. The van der Waals surface area contributed by atoms with E-state index >= 15 is 0 Å². The monoisotopic (exact) mass is 222 g/mol. The maximum Gasteiger partial charge on any atom is 0.241 e. The lowest BCUT2D eigenvalue weighted by Gasteiger charge is -2.03. The van der Waals surface area contributed by atoms with Gasteiger partial charge in [-0.05, 0) is 19.9 Å². The van der Waals surface area contributed by atoms with E-state index in [1.807, 2.05) is 6.92 Å². The largest absolute Gasteiger partial charge is 0.355 e. The molecule has 0 aliphatic rings. The number of hydrogen-bond donors (Lipinski definition) is 1. The first-order valence-electron chi connectivity index (χ1n) is 5.17. The lowest BCUT2D eigenvalue weighted by molar-refractivity contribution is -0.119. The third-order valence-corrected chi connectivity index (χ3v) is 2.10. The van der Waals surface area contributed by atoms with Crippen LogP contribution in [0.5, 0.6) is 0 Å². The van der Waals surface area contributed by atoms with Crippen molar-refractivity contribution in [1.82, 2.24) is 5.32 Å². The Labute approximate surface area is 94.4 Å². The van der Waals surface area contributed by atoms with E-state index in [-0.39, 0.29) is 18.3 Å². The van der Waals surface area contributed by atoms with Gasteiger partial charge < -0.3 is 5.32 Å². The molecule has 1 amide bonds. The summed E-state index contributed by atoms with van der Waals surface area (Å²) in [6.07, 6.45) is 0. The maximum absolute atomic E-state index is 13.3. The summed E-state index contributed by atoms with van der Waals surface area (Å²) in [5, 5.41) is 2.63. The molecule has 0 unspecified atom stereocenters.